The monoisotopic (exact) mass is 385 g/mol. The Bertz CT molecular complexity index is 143. The Morgan fingerprint density at radius 2 is 0.478 bits per heavy atom. The summed E-state index contributed by atoms with van der Waals surface area (Å²) in [4.78, 5) is 56.4. The van der Waals surface area contributed by atoms with Crippen LogP contribution in [0.5, 0.6) is 0 Å². The van der Waals surface area contributed by atoms with Crippen molar-refractivity contribution in [3.05, 3.63) is 50.0 Å². The second-order valence-corrected chi connectivity index (χ2v) is 0.550. The summed E-state index contributed by atoms with van der Waals surface area (Å²) in [6, 6.07) is 0. The zero-order chi connectivity index (χ0) is 18.9. The molecule has 0 rings (SSSR count). The van der Waals surface area contributed by atoms with Gasteiger partial charge in [0, 0.05) is 0 Å². The summed E-state index contributed by atoms with van der Waals surface area (Å²) in [6.45, 7) is 0. The summed E-state index contributed by atoms with van der Waals surface area (Å²) >= 11 is 0. The van der Waals surface area contributed by atoms with Crippen molar-refractivity contribution >= 4 is 28.3 Å². The Balaban J connectivity index is -0.0000000140. The van der Waals surface area contributed by atoms with Crippen molar-refractivity contribution in [1.29, 1.82) is 0 Å². The van der Waals surface area contributed by atoms with Crippen LogP contribution in [0.4, 0.5) is 0 Å². The number of hydrogen-bond donors (Lipinski definition) is 4. The predicted molar refractivity (Wildman–Crippen MR) is 74.9 cm³/mol. The van der Waals surface area contributed by atoms with Gasteiger partial charge in [-0.3, -0.25) is 0 Å². The first-order valence-corrected chi connectivity index (χ1v) is 2.63. The molecule has 4 N–H and O–H groups in total. The van der Waals surface area contributed by atoms with Gasteiger partial charge >= 0.3 is 17.4 Å². The maximum absolute atomic E-state index is 8.11. The molecule has 0 fully saturated rings. The van der Waals surface area contributed by atoms with Crippen molar-refractivity contribution in [1.82, 2.24) is 0 Å². The first-order chi connectivity index (χ1) is 9.90. The van der Waals surface area contributed by atoms with Crippen molar-refractivity contribution in [3.63, 3.8) is 0 Å². The first-order valence-electron chi connectivity index (χ1n) is 2.63. The maximum Gasteiger partial charge on any atom is 3.00 e. The smallest absolute Gasteiger partial charge is 0.444 e. The van der Waals surface area contributed by atoms with Crippen LogP contribution in [0.25, 0.3) is 0 Å². The van der Waals surface area contributed by atoms with Gasteiger partial charge in [0.25, 0.3) is 0 Å². The third-order valence-electron chi connectivity index (χ3n) is 0. The number of rotatable bonds is 0. The summed E-state index contributed by atoms with van der Waals surface area (Å²) in [7, 11) is 0. The molecule has 0 unspecified atom stereocenters. The molecule has 0 saturated carbocycles. The van der Waals surface area contributed by atoms with E-state index in [0.717, 1.165) is 16.0 Å². The molecular formula is H8AlN7O14Si. The van der Waals surface area contributed by atoms with Gasteiger partial charge < -0.3 is 51.2 Å². The van der Waals surface area contributed by atoms with E-state index in [-0.39, 0.29) is 28.3 Å². The van der Waals surface area contributed by atoms with Crippen LogP contribution in [-0.4, -0.2) is 49.2 Å². The molecule has 0 aliphatic rings. The van der Waals surface area contributed by atoms with Crippen LogP contribution in [-0.2, 0) is 0 Å². The van der Waals surface area contributed by atoms with Gasteiger partial charge in [-0.25, -0.2) is 0 Å². The zero-order valence-electron chi connectivity index (χ0n) is 9.58. The molecule has 0 spiro atoms. The second kappa shape index (κ2) is 453. The average molecular weight is 385 g/mol. The topological polar surface area (TPSA) is 356 Å². The first kappa shape index (κ1) is 60.4. The average Bonchev–Trinajstić information content (AvgIpc) is 2.35. The molecule has 0 saturated heterocycles. The third-order valence-corrected chi connectivity index (χ3v) is 0. The molecular weight excluding hydrogens is 377 g/mol. The van der Waals surface area contributed by atoms with Gasteiger partial charge in [-0.15, -0.1) is 35.6 Å². The van der Waals surface area contributed by atoms with Gasteiger partial charge in [-0.1, -0.05) is 0 Å². The molecule has 23 heteroatoms. The van der Waals surface area contributed by atoms with Gasteiger partial charge in [0.15, 0.2) is 21.4 Å². The van der Waals surface area contributed by atoms with Crippen molar-refractivity contribution in [2.45, 2.75) is 0 Å². The van der Waals surface area contributed by atoms with Crippen LogP contribution in [0.15, 0.2) is 37.4 Å². The predicted octanol–water partition coefficient (Wildman–Crippen LogP) is -0.513. The fourth-order valence-electron chi connectivity index (χ4n) is 0. The Kier molecular flexibility index (Phi) is 1190. The second-order valence-electron chi connectivity index (χ2n) is 0.550. The fourth-order valence-corrected chi connectivity index (χ4v) is 0. The molecule has 0 aromatic rings. The van der Waals surface area contributed by atoms with Crippen molar-refractivity contribution in [3.8, 4) is 0 Å². The minimum absolute atomic E-state index is 0. The van der Waals surface area contributed by atoms with E-state index in [2.05, 4.69) is 0 Å². The van der Waals surface area contributed by atoms with Crippen LogP contribution in [0.2, 0.25) is 0 Å². The molecule has 0 aliphatic heterocycles. The molecule has 0 bridgehead atoms. The Labute approximate surface area is 137 Å². The normalized spacial score (nSPS) is 3.65. The van der Waals surface area contributed by atoms with Gasteiger partial charge in [0.2, 0.25) is 0 Å². The van der Waals surface area contributed by atoms with Gasteiger partial charge in [0.05, 0.1) is 0 Å². The molecule has 0 amide bonds. The van der Waals surface area contributed by atoms with Crippen molar-refractivity contribution in [2.75, 3.05) is 0 Å². The fraction of sp³-hybridized carbons (Fsp3) is 0. The van der Waals surface area contributed by atoms with E-state index in [4.69, 9.17) is 70.8 Å². The molecule has 0 heterocycles. The van der Waals surface area contributed by atoms with Crippen molar-refractivity contribution in [2.24, 2.45) is 37.4 Å². The minimum atomic E-state index is 0. The molecule has 0 aliphatic carbocycles. The molecule has 0 aromatic heterocycles. The molecule has 0 radical (unpaired) electrons. The SMILES string of the molecule is O=NO.O=NO.O=NO.O=NO.O=N[O-].O=N[O-].O=N[O-].[Al+3].[SiH4]. The van der Waals surface area contributed by atoms with Crippen LogP contribution >= 0.6 is 0 Å². The number of nitrogens with zero attached hydrogens (tertiary/aromatic N) is 7. The van der Waals surface area contributed by atoms with Gasteiger partial charge in [-0.2, -0.15) is 0 Å². The van der Waals surface area contributed by atoms with Crippen molar-refractivity contribution < 1.29 is 20.8 Å². The van der Waals surface area contributed by atoms with E-state index in [1.807, 2.05) is 0 Å². The quantitative estimate of drug-likeness (QED) is 0.231. The van der Waals surface area contributed by atoms with E-state index < -0.39 is 0 Å². The van der Waals surface area contributed by atoms with E-state index in [9.17, 15) is 0 Å². The zero-order valence-corrected chi connectivity index (χ0v) is 10.7. The molecule has 0 aromatic carbocycles. The maximum atomic E-state index is 8.11. The van der Waals surface area contributed by atoms with E-state index in [0.29, 0.717) is 0 Å². The Morgan fingerprint density at radius 3 is 0.478 bits per heavy atom. The molecule has 134 valence electrons. The van der Waals surface area contributed by atoms with E-state index in [1.54, 1.807) is 0 Å². The van der Waals surface area contributed by atoms with Crippen LogP contribution in [0.1, 0.15) is 0 Å². The van der Waals surface area contributed by atoms with Crippen LogP contribution < -0.4 is 0 Å². The van der Waals surface area contributed by atoms with E-state index in [1.165, 1.54) is 21.4 Å². The largest absolute Gasteiger partial charge is 3.00 e. The third kappa shape index (κ3) is 427. The Morgan fingerprint density at radius 1 is 0.478 bits per heavy atom. The summed E-state index contributed by atoms with van der Waals surface area (Å²) in [5.41, 5.74) is 0. The summed E-state index contributed by atoms with van der Waals surface area (Å²) < 4.78 is 0. The molecule has 21 nitrogen and oxygen atoms in total. The summed E-state index contributed by atoms with van der Waals surface area (Å²) in [5, 5.41) is 58.6. The van der Waals surface area contributed by atoms with Gasteiger partial charge in [-0.05, 0) is 11.0 Å². The van der Waals surface area contributed by atoms with E-state index >= 15 is 0 Å². The minimum Gasteiger partial charge on any atom is -0.444 e. The molecule has 0 atom stereocenters. The van der Waals surface area contributed by atoms with Gasteiger partial charge in [0.1, 0.15) is 0 Å². The number of hydrogen-bond acceptors (Lipinski definition) is 17. The standard InChI is InChI=1S/Al.7HNO2.H4Si/c;7*2-1-3;/h;7*(H,2,3);1H4/q+3;;;;;;;;/p-3. The summed E-state index contributed by atoms with van der Waals surface area (Å²) in [6.07, 6.45) is 0. The summed E-state index contributed by atoms with van der Waals surface area (Å²) in [5.74, 6) is 0. The van der Waals surface area contributed by atoms with Crippen LogP contribution in [0, 0.1) is 50.0 Å². The molecule has 23 heavy (non-hydrogen) atoms. The Hall–Kier alpha value is -3.45. The van der Waals surface area contributed by atoms with Crippen LogP contribution in [0.3, 0.4) is 0 Å².